The van der Waals surface area contributed by atoms with Gasteiger partial charge < -0.3 is 5.73 Å². The van der Waals surface area contributed by atoms with E-state index < -0.39 is 21.7 Å². The first kappa shape index (κ1) is 17.3. The molecule has 114 valence electrons. The van der Waals surface area contributed by atoms with Crippen molar-refractivity contribution in [2.24, 2.45) is 11.7 Å². The summed E-state index contributed by atoms with van der Waals surface area (Å²) in [6.07, 6.45) is 0.660. The SMILES string of the molecule is CC1CC(CN)CN1S(=O)(=O)c1cc(F)cc(F)c1.Cl. The molecule has 2 atom stereocenters. The van der Waals surface area contributed by atoms with Crippen LogP contribution in [0.4, 0.5) is 8.78 Å². The minimum absolute atomic E-state index is 0. The molecule has 1 aromatic carbocycles. The van der Waals surface area contributed by atoms with Crippen molar-refractivity contribution < 1.29 is 17.2 Å². The Hall–Kier alpha value is -0.760. The predicted molar refractivity (Wildman–Crippen MR) is 74.1 cm³/mol. The number of hydrogen-bond acceptors (Lipinski definition) is 3. The van der Waals surface area contributed by atoms with Crippen LogP contribution in [0.5, 0.6) is 0 Å². The van der Waals surface area contributed by atoms with Crippen LogP contribution in [0.2, 0.25) is 0 Å². The zero-order valence-corrected chi connectivity index (χ0v) is 12.6. The Morgan fingerprint density at radius 1 is 1.30 bits per heavy atom. The van der Waals surface area contributed by atoms with E-state index in [1.807, 2.05) is 0 Å². The van der Waals surface area contributed by atoms with E-state index in [4.69, 9.17) is 5.73 Å². The Labute approximate surface area is 123 Å². The largest absolute Gasteiger partial charge is 0.330 e. The lowest BCUT2D eigenvalue weighted by atomic mass is 10.1. The van der Waals surface area contributed by atoms with Gasteiger partial charge in [0.25, 0.3) is 0 Å². The minimum Gasteiger partial charge on any atom is -0.330 e. The van der Waals surface area contributed by atoms with E-state index >= 15 is 0 Å². The molecule has 0 radical (unpaired) electrons. The average molecular weight is 327 g/mol. The van der Waals surface area contributed by atoms with Crippen molar-refractivity contribution in [3.05, 3.63) is 29.8 Å². The number of nitrogens with two attached hydrogens (primary N) is 1. The third-order valence-electron chi connectivity index (χ3n) is 3.38. The first-order chi connectivity index (χ1) is 8.84. The Bertz CT molecular complexity index is 563. The number of halogens is 3. The van der Waals surface area contributed by atoms with E-state index in [1.54, 1.807) is 6.92 Å². The first-order valence-electron chi connectivity index (χ1n) is 6.02. The normalized spacial score (nSPS) is 23.6. The van der Waals surface area contributed by atoms with Gasteiger partial charge in [-0.15, -0.1) is 12.4 Å². The van der Waals surface area contributed by atoms with Gasteiger partial charge in [-0.05, 0) is 37.9 Å². The second-order valence-corrected chi connectivity index (χ2v) is 6.76. The third-order valence-corrected chi connectivity index (χ3v) is 5.34. The molecule has 2 N–H and O–H groups in total. The molecule has 0 aromatic heterocycles. The summed E-state index contributed by atoms with van der Waals surface area (Å²) in [6.45, 7) is 2.45. The lowest BCUT2D eigenvalue weighted by Gasteiger charge is -2.21. The highest BCUT2D eigenvalue weighted by molar-refractivity contribution is 7.89. The zero-order chi connectivity index (χ0) is 14.2. The first-order valence-corrected chi connectivity index (χ1v) is 7.46. The zero-order valence-electron chi connectivity index (χ0n) is 10.9. The van der Waals surface area contributed by atoms with E-state index in [0.717, 1.165) is 12.1 Å². The molecule has 1 aliphatic heterocycles. The van der Waals surface area contributed by atoms with Gasteiger partial charge in [0, 0.05) is 18.7 Å². The molecule has 2 rings (SSSR count). The molecule has 0 bridgehead atoms. The van der Waals surface area contributed by atoms with Gasteiger partial charge in [-0.1, -0.05) is 0 Å². The lowest BCUT2D eigenvalue weighted by molar-refractivity contribution is 0.403. The van der Waals surface area contributed by atoms with Crippen LogP contribution in [0.25, 0.3) is 0 Å². The highest BCUT2D eigenvalue weighted by Crippen LogP contribution is 2.29. The molecular formula is C12H17ClF2N2O2S. The quantitative estimate of drug-likeness (QED) is 0.920. The highest BCUT2D eigenvalue weighted by Gasteiger charge is 2.37. The number of sulfonamides is 1. The number of nitrogens with zero attached hydrogens (tertiary/aromatic N) is 1. The molecule has 2 unspecified atom stereocenters. The summed E-state index contributed by atoms with van der Waals surface area (Å²) in [5.74, 6) is -1.72. The van der Waals surface area contributed by atoms with Crippen molar-refractivity contribution >= 4 is 22.4 Å². The summed E-state index contributed by atoms with van der Waals surface area (Å²) in [5.41, 5.74) is 5.55. The lowest BCUT2D eigenvalue weighted by Crippen LogP contribution is -2.34. The maximum Gasteiger partial charge on any atom is 0.243 e. The fourth-order valence-electron chi connectivity index (χ4n) is 2.43. The molecule has 8 heteroatoms. The predicted octanol–water partition coefficient (Wildman–Crippen LogP) is 1.74. The van der Waals surface area contributed by atoms with Gasteiger partial charge in [-0.25, -0.2) is 17.2 Å². The number of hydrogen-bond donors (Lipinski definition) is 1. The molecule has 20 heavy (non-hydrogen) atoms. The number of benzene rings is 1. The van der Waals surface area contributed by atoms with Crippen molar-refractivity contribution in [2.75, 3.05) is 13.1 Å². The summed E-state index contributed by atoms with van der Waals surface area (Å²) in [4.78, 5) is -0.352. The van der Waals surface area contributed by atoms with Crippen molar-refractivity contribution in [1.82, 2.24) is 4.31 Å². The molecule has 1 aromatic rings. The van der Waals surface area contributed by atoms with Gasteiger partial charge >= 0.3 is 0 Å². The van der Waals surface area contributed by atoms with E-state index in [-0.39, 0.29) is 35.8 Å². The maximum atomic E-state index is 13.1. The Kier molecular flexibility index (Phi) is 5.48. The smallest absolute Gasteiger partial charge is 0.243 e. The van der Waals surface area contributed by atoms with E-state index in [2.05, 4.69) is 0 Å². The van der Waals surface area contributed by atoms with Crippen molar-refractivity contribution in [2.45, 2.75) is 24.3 Å². The second-order valence-electron chi connectivity index (χ2n) is 4.87. The summed E-state index contributed by atoms with van der Waals surface area (Å²) >= 11 is 0. The van der Waals surface area contributed by atoms with E-state index in [1.165, 1.54) is 4.31 Å². The molecule has 1 fully saturated rings. The Balaban J connectivity index is 0.00000200. The molecule has 0 aliphatic carbocycles. The molecule has 1 saturated heterocycles. The van der Waals surface area contributed by atoms with Gasteiger partial charge in [0.05, 0.1) is 4.90 Å². The summed E-state index contributed by atoms with van der Waals surface area (Å²) in [6, 6.07) is 2.10. The van der Waals surface area contributed by atoms with Crippen LogP contribution in [0, 0.1) is 17.6 Å². The molecule has 1 aliphatic rings. The molecule has 4 nitrogen and oxygen atoms in total. The van der Waals surface area contributed by atoms with Crippen LogP contribution >= 0.6 is 12.4 Å². The third kappa shape index (κ3) is 3.28. The van der Waals surface area contributed by atoms with Crippen LogP contribution in [0.1, 0.15) is 13.3 Å². The Morgan fingerprint density at radius 2 is 1.85 bits per heavy atom. The monoisotopic (exact) mass is 326 g/mol. The standard InChI is InChI=1S/C12H16F2N2O2S.ClH/c1-8-2-9(6-15)7-16(8)19(17,18)12-4-10(13)3-11(14)5-12;/h3-5,8-9H,2,6-7,15H2,1H3;1H. The van der Waals surface area contributed by atoms with Crippen molar-refractivity contribution in [1.29, 1.82) is 0 Å². The van der Waals surface area contributed by atoms with Gasteiger partial charge in [0.15, 0.2) is 0 Å². The fourth-order valence-corrected chi connectivity index (χ4v) is 4.19. The molecule has 0 amide bonds. The number of rotatable bonds is 3. The van der Waals surface area contributed by atoms with Gasteiger partial charge in [0.1, 0.15) is 11.6 Å². The summed E-state index contributed by atoms with van der Waals surface area (Å²) in [5, 5.41) is 0. The topological polar surface area (TPSA) is 63.4 Å². The fraction of sp³-hybridized carbons (Fsp3) is 0.500. The van der Waals surface area contributed by atoms with Crippen LogP contribution in [-0.2, 0) is 10.0 Å². The van der Waals surface area contributed by atoms with Crippen LogP contribution in [0.3, 0.4) is 0 Å². The minimum atomic E-state index is -3.88. The summed E-state index contributed by atoms with van der Waals surface area (Å²) in [7, 11) is -3.88. The van der Waals surface area contributed by atoms with Crippen LogP contribution in [0.15, 0.2) is 23.1 Å². The van der Waals surface area contributed by atoms with E-state index in [9.17, 15) is 17.2 Å². The van der Waals surface area contributed by atoms with Gasteiger partial charge in [0.2, 0.25) is 10.0 Å². The van der Waals surface area contributed by atoms with E-state index in [0.29, 0.717) is 19.0 Å². The molecule has 0 spiro atoms. The maximum absolute atomic E-state index is 13.1. The second kappa shape index (κ2) is 6.34. The average Bonchev–Trinajstić information content (AvgIpc) is 2.70. The van der Waals surface area contributed by atoms with Crippen LogP contribution in [-0.4, -0.2) is 31.9 Å². The van der Waals surface area contributed by atoms with Gasteiger partial charge in [-0.3, -0.25) is 0 Å². The summed E-state index contributed by atoms with van der Waals surface area (Å²) < 4.78 is 52.3. The van der Waals surface area contributed by atoms with Crippen molar-refractivity contribution in [3.8, 4) is 0 Å². The van der Waals surface area contributed by atoms with Gasteiger partial charge in [-0.2, -0.15) is 4.31 Å². The van der Waals surface area contributed by atoms with Crippen LogP contribution < -0.4 is 5.73 Å². The molecule has 0 saturated carbocycles. The Morgan fingerprint density at radius 3 is 2.30 bits per heavy atom. The van der Waals surface area contributed by atoms with Crippen molar-refractivity contribution in [3.63, 3.8) is 0 Å². The molecule has 1 heterocycles. The highest BCUT2D eigenvalue weighted by atomic mass is 35.5. The molecular weight excluding hydrogens is 310 g/mol.